The van der Waals surface area contributed by atoms with E-state index in [1.165, 1.54) is 14.2 Å². The number of aromatic nitrogens is 1. The van der Waals surface area contributed by atoms with Crippen LogP contribution in [0.4, 0.5) is 5.69 Å². The molecule has 1 aliphatic heterocycles. The average molecular weight is 356 g/mol. The Hall–Kier alpha value is -2.60. The molecule has 1 amide bonds. The fourth-order valence-electron chi connectivity index (χ4n) is 3.18. The summed E-state index contributed by atoms with van der Waals surface area (Å²) in [6.07, 6.45) is 0. The number of ether oxygens (including phenoxy) is 3. The third-order valence-electron chi connectivity index (χ3n) is 4.72. The molecule has 0 unspecified atom stereocenters. The van der Waals surface area contributed by atoms with Gasteiger partial charge in [0.05, 0.1) is 27.4 Å². The fraction of sp³-hybridized carbons (Fsp3) is 0.400. The van der Waals surface area contributed by atoms with Crippen LogP contribution in [0.3, 0.4) is 0 Å². The standard InChI is InChI=1S/C20H24N2O4/c1-13(2)14-7-5-6-8-15(14)20(11-26-12-20)19(23)21-16-9-10-17(24-3)22-18(16)25-4/h5-10,13H,11-12H2,1-4H3,(H,21,23). The Bertz CT molecular complexity index is 800. The van der Waals surface area contributed by atoms with Crippen molar-refractivity contribution in [2.45, 2.75) is 25.2 Å². The van der Waals surface area contributed by atoms with Crippen LogP contribution in [-0.4, -0.2) is 38.3 Å². The predicted octanol–water partition coefficient (Wildman–Crippen LogP) is 3.13. The van der Waals surface area contributed by atoms with Gasteiger partial charge in [0, 0.05) is 6.07 Å². The van der Waals surface area contributed by atoms with E-state index in [1.807, 2.05) is 18.2 Å². The first kappa shape index (κ1) is 18.2. The van der Waals surface area contributed by atoms with Crippen LogP contribution in [0, 0.1) is 0 Å². The molecule has 1 saturated heterocycles. The molecular weight excluding hydrogens is 332 g/mol. The molecule has 0 spiro atoms. The summed E-state index contributed by atoms with van der Waals surface area (Å²) in [5.41, 5.74) is 1.97. The number of hydrogen-bond acceptors (Lipinski definition) is 5. The second-order valence-electron chi connectivity index (χ2n) is 6.68. The van der Waals surface area contributed by atoms with Crippen LogP contribution < -0.4 is 14.8 Å². The van der Waals surface area contributed by atoms with E-state index in [9.17, 15) is 4.79 Å². The van der Waals surface area contributed by atoms with Gasteiger partial charge in [0.25, 0.3) is 0 Å². The second-order valence-corrected chi connectivity index (χ2v) is 6.68. The summed E-state index contributed by atoms with van der Waals surface area (Å²) >= 11 is 0. The van der Waals surface area contributed by atoms with Crippen LogP contribution in [0.25, 0.3) is 0 Å². The highest BCUT2D eigenvalue weighted by atomic mass is 16.5. The van der Waals surface area contributed by atoms with E-state index in [2.05, 4.69) is 30.2 Å². The summed E-state index contributed by atoms with van der Waals surface area (Å²) in [6.45, 7) is 4.96. The maximum atomic E-state index is 13.2. The normalized spacial score (nSPS) is 15.3. The molecule has 0 radical (unpaired) electrons. The number of benzene rings is 1. The van der Waals surface area contributed by atoms with Crippen molar-refractivity contribution in [2.24, 2.45) is 0 Å². The van der Waals surface area contributed by atoms with Crippen LogP contribution >= 0.6 is 0 Å². The van der Waals surface area contributed by atoms with E-state index in [1.54, 1.807) is 12.1 Å². The van der Waals surface area contributed by atoms with Gasteiger partial charge in [0.15, 0.2) is 0 Å². The third kappa shape index (κ3) is 3.12. The summed E-state index contributed by atoms with van der Waals surface area (Å²) in [7, 11) is 3.04. The van der Waals surface area contributed by atoms with Gasteiger partial charge in [0.2, 0.25) is 17.7 Å². The van der Waals surface area contributed by atoms with Crippen molar-refractivity contribution in [1.82, 2.24) is 4.98 Å². The molecule has 0 saturated carbocycles. The first-order valence-corrected chi connectivity index (χ1v) is 8.59. The van der Waals surface area contributed by atoms with Crippen molar-refractivity contribution in [3.63, 3.8) is 0 Å². The Morgan fingerprint density at radius 3 is 2.46 bits per heavy atom. The largest absolute Gasteiger partial charge is 0.481 e. The zero-order valence-corrected chi connectivity index (χ0v) is 15.5. The number of nitrogens with zero attached hydrogens (tertiary/aromatic N) is 1. The molecule has 1 aromatic carbocycles. The van der Waals surface area contributed by atoms with Crippen molar-refractivity contribution in [3.05, 3.63) is 47.5 Å². The van der Waals surface area contributed by atoms with Gasteiger partial charge >= 0.3 is 0 Å². The molecule has 6 nitrogen and oxygen atoms in total. The highest BCUT2D eigenvalue weighted by Crippen LogP contribution is 2.39. The summed E-state index contributed by atoms with van der Waals surface area (Å²) in [5.74, 6) is 0.924. The Labute approximate surface area is 153 Å². The smallest absolute Gasteiger partial charge is 0.240 e. The number of methoxy groups -OCH3 is 2. The number of carbonyl (C=O) groups is 1. The average Bonchev–Trinajstić information content (AvgIpc) is 2.61. The molecule has 0 atom stereocenters. The lowest BCUT2D eigenvalue weighted by atomic mass is 9.73. The van der Waals surface area contributed by atoms with E-state index in [-0.39, 0.29) is 5.91 Å². The highest BCUT2D eigenvalue weighted by molar-refractivity contribution is 6.01. The van der Waals surface area contributed by atoms with Gasteiger partial charge < -0.3 is 19.5 Å². The van der Waals surface area contributed by atoms with Crippen LogP contribution in [0.2, 0.25) is 0 Å². The zero-order chi connectivity index (χ0) is 18.7. The summed E-state index contributed by atoms with van der Waals surface area (Å²) in [5, 5.41) is 2.96. The SMILES string of the molecule is COc1ccc(NC(=O)C2(c3ccccc3C(C)C)COC2)c(OC)n1. The number of amides is 1. The number of pyridine rings is 1. The second kappa shape index (κ2) is 7.33. The number of carbonyl (C=O) groups excluding carboxylic acids is 1. The molecule has 2 aromatic rings. The Morgan fingerprint density at radius 2 is 1.88 bits per heavy atom. The molecule has 3 rings (SSSR count). The van der Waals surface area contributed by atoms with E-state index < -0.39 is 5.41 Å². The number of hydrogen-bond donors (Lipinski definition) is 1. The fourth-order valence-corrected chi connectivity index (χ4v) is 3.18. The molecule has 0 bridgehead atoms. The van der Waals surface area contributed by atoms with Crippen LogP contribution in [0.1, 0.15) is 30.9 Å². The molecule has 1 N–H and O–H groups in total. The molecule has 1 fully saturated rings. The van der Waals surface area contributed by atoms with Gasteiger partial charge in [-0.2, -0.15) is 4.98 Å². The lowest BCUT2D eigenvalue weighted by Crippen LogP contribution is -2.56. The highest BCUT2D eigenvalue weighted by Gasteiger charge is 2.49. The summed E-state index contributed by atoms with van der Waals surface area (Å²) < 4.78 is 15.8. The van der Waals surface area contributed by atoms with Crippen LogP contribution in [0.5, 0.6) is 11.8 Å². The summed E-state index contributed by atoms with van der Waals surface area (Å²) in [6, 6.07) is 11.5. The van der Waals surface area contributed by atoms with Crippen molar-refractivity contribution in [2.75, 3.05) is 32.8 Å². The van der Waals surface area contributed by atoms with E-state index in [4.69, 9.17) is 14.2 Å². The summed E-state index contributed by atoms with van der Waals surface area (Å²) in [4.78, 5) is 17.4. The molecule has 1 aliphatic rings. The van der Waals surface area contributed by atoms with Gasteiger partial charge in [-0.3, -0.25) is 4.79 Å². The molecule has 1 aromatic heterocycles. The van der Waals surface area contributed by atoms with Crippen LogP contribution in [-0.2, 0) is 14.9 Å². The van der Waals surface area contributed by atoms with Crippen molar-refractivity contribution < 1.29 is 19.0 Å². The van der Waals surface area contributed by atoms with Gasteiger partial charge in [-0.25, -0.2) is 0 Å². The topological polar surface area (TPSA) is 69.7 Å². The van der Waals surface area contributed by atoms with Gasteiger partial charge in [-0.15, -0.1) is 0 Å². The maximum absolute atomic E-state index is 13.2. The molecule has 138 valence electrons. The maximum Gasteiger partial charge on any atom is 0.240 e. The molecule has 2 heterocycles. The first-order valence-electron chi connectivity index (χ1n) is 8.59. The molecular formula is C20H24N2O4. The van der Waals surface area contributed by atoms with Crippen molar-refractivity contribution >= 4 is 11.6 Å². The van der Waals surface area contributed by atoms with Gasteiger partial charge in [-0.05, 0) is 23.1 Å². The van der Waals surface area contributed by atoms with Gasteiger partial charge in [0.1, 0.15) is 11.1 Å². The first-order chi connectivity index (χ1) is 12.5. The Kier molecular flexibility index (Phi) is 5.13. The minimum Gasteiger partial charge on any atom is -0.481 e. The molecule has 0 aliphatic carbocycles. The lowest BCUT2D eigenvalue weighted by molar-refractivity contribution is -0.139. The lowest BCUT2D eigenvalue weighted by Gasteiger charge is -2.41. The third-order valence-corrected chi connectivity index (χ3v) is 4.72. The van der Waals surface area contributed by atoms with E-state index in [0.717, 1.165) is 11.1 Å². The Morgan fingerprint density at radius 1 is 1.15 bits per heavy atom. The Balaban J connectivity index is 1.94. The van der Waals surface area contributed by atoms with Gasteiger partial charge in [-0.1, -0.05) is 38.1 Å². The number of rotatable bonds is 6. The monoisotopic (exact) mass is 356 g/mol. The van der Waals surface area contributed by atoms with E-state index in [0.29, 0.717) is 36.6 Å². The number of anilines is 1. The minimum absolute atomic E-state index is 0.123. The number of nitrogens with one attached hydrogen (secondary N) is 1. The molecule has 6 heteroatoms. The van der Waals surface area contributed by atoms with Crippen molar-refractivity contribution in [3.8, 4) is 11.8 Å². The van der Waals surface area contributed by atoms with E-state index >= 15 is 0 Å². The van der Waals surface area contributed by atoms with Crippen LogP contribution in [0.15, 0.2) is 36.4 Å². The minimum atomic E-state index is -0.703. The zero-order valence-electron chi connectivity index (χ0n) is 15.5. The quantitative estimate of drug-likeness (QED) is 0.861. The molecule has 26 heavy (non-hydrogen) atoms. The van der Waals surface area contributed by atoms with Crippen molar-refractivity contribution in [1.29, 1.82) is 0 Å². The predicted molar refractivity (Wildman–Crippen MR) is 99.0 cm³/mol.